The number of allylic oxidation sites excluding steroid dienone is 2. The van der Waals surface area contributed by atoms with Gasteiger partial charge in [0.05, 0.1) is 18.6 Å². The molecular formula is C33H45N3O4. The molecular weight excluding hydrogens is 502 g/mol. The third kappa shape index (κ3) is 8.29. The molecule has 1 aliphatic rings. The van der Waals surface area contributed by atoms with Crippen LogP contribution in [0.1, 0.15) is 51.2 Å². The van der Waals surface area contributed by atoms with Crippen molar-refractivity contribution in [2.24, 2.45) is 11.3 Å². The van der Waals surface area contributed by atoms with Crippen molar-refractivity contribution in [3.8, 4) is 5.75 Å². The predicted octanol–water partition coefficient (Wildman–Crippen LogP) is 4.32. The minimum atomic E-state index is -1.10. The van der Waals surface area contributed by atoms with E-state index in [4.69, 9.17) is 4.74 Å². The van der Waals surface area contributed by atoms with E-state index in [1.165, 1.54) is 0 Å². The first kappa shape index (κ1) is 31.1. The van der Waals surface area contributed by atoms with Crippen LogP contribution in [-0.2, 0) is 22.6 Å². The molecule has 7 heteroatoms. The average Bonchev–Trinajstić information content (AvgIpc) is 2.97. The Morgan fingerprint density at radius 2 is 1.70 bits per heavy atom. The zero-order valence-corrected chi connectivity index (χ0v) is 24.3. The van der Waals surface area contributed by atoms with Crippen molar-refractivity contribution in [2.45, 2.75) is 59.1 Å². The zero-order chi connectivity index (χ0) is 29.0. The molecule has 0 aliphatic heterocycles. The Morgan fingerprint density at radius 1 is 1.00 bits per heavy atom. The third-order valence-electron chi connectivity index (χ3n) is 7.40. The molecule has 1 aliphatic carbocycles. The fourth-order valence-electron chi connectivity index (χ4n) is 5.41. The van der Waals surface area contributed by atoms with Gasteiger partial charge in [-0.2, -0.15) is 0 Å². The SMILES string of the molecule is CCCNC(=O)C1=CC(C)=CC(C(=O)NCCC)([C@H](Cc2ccccc2)[C@@H](O)CNCc2cccc(OC)c2)C1. The van der Waals surface area contributed by atoms with Gasteiger partial charge in [-0.25, -0.2) is 0 Å². The summed E-state index contributed by atoms with van der Waals surface area (Å²) in [5.41, 5.74) is 2.37. The van der Waals surface area contributed by atoms with Crippen LogP contribution in [0.4, 0.5) is 0 Å². The second-order valence-electron chi connectivity index (χ2n) is 10.6. The van der Waals surface area contributed by atoms with Gasteiger partial charge < -0.3 is 25.8 Å². The van der Waals surface area contributed by atoms with Gasteiger partial charge in [-0.15, -0.1) is 0 Å². The number of hydrogen-bond donors (Lipinski definition) is 4. The fraction of sp³-hybridized carbons (Fsp3) is 0.455. The highest BCUT2D eigenvalue weighted by atomic mass is 16.5. The number of carbonyl (C=O) groups is 2. The number of hydrogen-bond acceptors (Lipinski definition) is 5. The van der Waals surface area contributed by atoms with Crippen LogP contribution in [0.3, 0.4) is 0 Å². The summed E-state index contributed by atoms with van der Waals surface area (Å²) in [7, 11) is 1.64. The van der Waals surface area contributed by atoms with Crippen molar-refractivity contribution in [3.63, 3.8) is 0 Å². The van der Waals surface area contributed by atoms with E-state index in [2.05, 4.69) is 16.0 Å². The van der Waals surface area contributed by atoms with Gasteiger partial charge in [-0.05, 0) is 55.9 Å². The monoisotopic (exact) mass is 547 g/mol. The summed E-state index contributed by atoms with van der Waals surface area (Å²) >= 11 is 0. The Hall–Kier alpha value is -3.42. The molecule has 0 saturated heterocycles. The number of aliphatic hydroxyl groups is 1. The lowest BCUT2D eigenvalue weighted by molar-refractivity contribution is -0.134. The molecule has 1 unspecified atom stereocenters. The Labute approximate surface area is 239 Å². The lowest BCUT2D eigenvalue weighted by Crippen LogP contribution is -2.53. The van der Waals surface area contributed by atoms with Crippen molar-refractivity contribution in [2.75, 3.05) is 26.7 Å². The average molecular weight is 548 g/mol. The number of methoxy groups -OCH3 is 1. The summed E-state index contributed by atoms with van der Waals surface area (Å²) < 4.78 is 5.34. The first-order chi connectivity index (χ1) is 19.3. The van der Waals surface area contributed by atoms with Crippen LogP contribution in [0.5, 0.6) is 5.75 Å². The summed E-state index contributed by atoms with van der Waals surface area (Å²) in [4.78, 5) is 27.2. The number of benzene rings is 2. The number of nitrogens with one attached hydrogen (secondary N) is 3. The van der Waals surface area contributed by atoms with E-state index < -0.39 is 17.4 Å². The van der Waals surface area contributed by atoms with Gasteiger partial charge >= 0.3 is 0 Å². The number of amides is 2. The molecule has 0 fully saturated rings. The lowest BCUT2D eigenvalue weighted by Gasteiger charge is -2.42. The maximum absolute atomic E-state index is 14.0. The minimum absolute atomic E-state index is 0.157. The quantitative estimate of drug-likeness (QED) is 0.266. The van der Waals surface area contributed by atoms with E-state index in [0.29, 0.717) is 31.6 Å². The molecule has 0 aromatic heterocycles. The van der Waals surface area contributed by atoms with Crippen LogP contribution >= 0.6 is 0 Å². The van der Waals surface area contributed by atoms with Crippen molar-refractivity contribution in [1.82, 2.24) is 16.0 Å². The molecule has 3 rings (SSSR count). The van der Waals surface area contributed by atoms with Crippen molar-refractivity contribution in [1.29, 1.82) is 0 Å². The Morgan fingerprint density at radius 3 is 2.40 bits per heavy atom. The topological polar surface area (TPSA) is 99.7 Å². The maximum Gasteiger partial charge on any atom is 0.247 e. The smallest absolute Gasteiger partial charge is 0.247 e. The number of carbonyl (C=O) groups excluding carboxylic acids is 2. The maximum atomic E-state index is 14.0. The third-order valence-corrected chi connectivity index (χ3v) is 7.40. The normalized spacial score (nSPS) is 18.2. The molecule has 0 heterocycles. The van der Waals surface area contributed by atoms with E-state index in [9.17, 15) is 14.7 Å². The van der Waals surface area contributed by atoms with E-state index in [1.807, 2.05) is 87.5 Å². The second-order valence-corrected chi connectivity index (χ2v) is 10.6. The molecule has 2 aromatic rings. The summed E-state index contributed by atoms with van der Waals surface area (Å²) in [5.74, 6) is -0.0274. The van der Waals surface area contributed by atoms with Crippen LogP contribution in [0.25, 0.3) is 0 Å². The molecule has 4 N–H and O–H groups in total. The van der Waals surface area contributed by atoms with Gasteiger partial charge in [-0.3, -0.25) is 9.59 Å². The summed E-state index contributed by atoms with van der Waals surface area (Å²) in [6.45, 7) is 7.85. The molecule has 3 atom stereocenters. The minimum Gasteiger partial charge on any atom is -0.497 e. The van der Waals surface area contributed by atoms with E-state index in [1.54, 1.807) is 7.11 Å². The molecule has 2 aromatic carbocycles. The predicted molar refractivity (Wildman–Crippen MR) is 160 cm³/mol. The molecule has 7 nitrogen and oxygen atoms in total. The number of rotatable bonds is 15. The van der Waals surface area contributed by atoms with Gasteiger partial charge in [0.2, 0.25) is 11.8 Å². The van der Waals surface area contributed by atoms with Crippen molar-refractivity contribution < 1.29 is 19.4 Å². The van der Waals surface area contributed by atoms with Gasteiger partial charge in [-0.1, -0.05) is 74.0 Å². The van der Waals surface area contributed by atoms with Crippen LogP contribution in [0.2, 0.25) is 0 Å². The Balaban J connectivity index is 1.95. The number of ether oxygens (including phenoxy) is 1. The summed E-state index contributed by atoms with van der Waals surface area (Å²) in [6.07, 6.45) is 5.29. The number of aliphatic hydroxyl groups excluding tert-OH is 1. The van der Waals surface area contributed by atoms with Crippen molar-refractivity contribution >= 4 is 11.8 Å². The molecule has 0 bridgehead atoms. The highest BCUT2D eigenvalue weighted by Gasteiger charge is 2.49. The largest absolute Gasteiger partial charge is 0.497 e. The molecule has 0 radical (unpaired) electrons. The van der Waals surface area contributed by atoms with Crippen molar-refractivity contribution in [3.05, 3.63) is 89.0 Å². The zero-order valence-electron chi connectivity index (χ0n) is 24.3. The molecule has 0 saturated carbocycles. The Bertz CT molecular complexity index is 1180. The summed E-state index contributed by atoms with van der Waals surface area (Å²) in [6, 6.07) is 17.7. The van der Waals surface area contributed by atoms with E-state index in [-0.39, 0.29) is 24.8 Å². The first-order valence-electron chi connectivity index (χ1n) is 14.3. The van der Waals surface area contributed by atoms with Crippen LogP contribution in [0.15, 0.2) is 77.9 Å². The van der Waals surface area contributed by atoms with E-state index in [0.717, 1.165) is 35.3 Å². The van der Waals surface area contributed by atoms with Crippen LogP contribution < -0.4 is 20.7 Å². The second kappa shape index (κ2) is 15.4. The molecule has 216 valence electrons. The highest BCUT2D eigenvalue weighted by Crippen LogP contribution is 2.44. The standard InChI is InChI=1S/C33H45N3O4/c1-5-15-35-31(38)27-17-24(3)20-33(21-27,32(39)36-16-6-2)29(19-25-11-8-7-9-12-25)30(37)23-34-22-26-13-10-14-28(18-26)40-4/h7-14,17-18,20,29-30,34,37H,5-6,15-16,19,21-23H2,1-4H3,(H,35,38)(H,36,39)/t29-,30+,33?/m1/s1. The first-order valence-corrected chi connectivity index (χ1v) is 14.3. The van der Waals surface area contributed by atoms with Crippen LogP contribution in [-0.4, -0.2) is 49.8 Å². The lowest BCUT2D eigenvalue weighted by atomic mass is 9.63. The fourth-order valence-corrected chi connectivity index (χ4v) is 5.41. The summed E-state index contributed by atoms with van der Waals surface area (Å²) in [5, 5.41) is 21.2. The van der Waals surface area contributed by atoms with Gasteiger partial charge in [0.25, 0.3) is 0 Å². The van der Waals surface area contributed by atoms with Gasteiger partial charge in [0.1, 0.15) is 5.75 Å². The van der Waals surface area contributed by atoms with Crippen LogP contribution in [0, 0.1) is 11.3 Å². The Kier molecular flexibility index (Phi) is 12.0. The molecule has 2 amide bonds. The highest BCUT2D eigenvalue weighted by molar-refractivity contribution is 5.97. The van der Waals surface area contributed by atoms with Gasteiger partial charge in [0.15, 0.2) is 0 Å². The molecule has 40 heavy (non-hydrogen) atoms. The van der Waals surface area contributed by atoms with Gasteiger partial charge in [0, 0.05) is 37.7 Å². The van der Waals surface area contributed by atoms with E-state index >= 15 is 0 Å². The molecule has 0 spiro atoms.